The summed E-state index contributed by atoms with van der Waals surface area (Å²) in [5, 5.41) is 45.0. The number of aliphatic hydroxyl groups excluding tert-OH is 2. The number of phosphoric ester groups is 3. The zero-order valence-electron chi connectivity index (χ0n) is 31.4. The minimum Gasteiger partial charge on any atom is -0.508 e. The quantitative estimate of drug-likeness (QED) is 0.0374. The van der Waals surface area contributed by atoms with E-state index >= 15 is 0 Å². The molecule has 0 bridgehead atoms. The molecule has 0 saturated carbocycles. The number of aromatic hydroxyl groups is 2. The van der Waals surface area contributed by atoms with Gasteiger partial charge in [-0.1, -0.05) is 25.6 Å². The average molecular weight is 930 g/mol. The second-order valence-corrected chi connectivity index (χ2v) is 18.6. The van der Waals surface area contributed by atoms with Crippen molar-refractivity contribution in [3.05, 3.63) is 42.5 Å². The van der Waals surface area contributed by atoms with Crippen LogP contribution in [0.1, 0.15) is 32.1 Å². The Hall–Kier alpha value is -3.88. The summed E-state index contributed by atoms with van der Waals surface area (Å²) in [6.45, 7) is 0.228. The van der Waals surface area contributed by atoms with Gasteiger partial charge in [0.25, 0.3) is 0 Å². The van der Waals surface area contributed by atoms with Gasteiger partial charge >= 0.3 is 23.5 Å². The number of anilines is 1. The molecule has 60 heavy (non-hydrogen) atoms. The Morgan fingerprint density at radius 1 is 1.05 bits per heavy atom. The predicted molar refractivity (Wildman–Crippen MR) is 206 cm³/mol. The van der Waals surface area contributed by atoms with E-state index in [2.05, 4.69) is 34.4 Å². The fourth-order valence-electron chi connectivity index (χ4n) is 5.16. The normalized spacial score (nSPS) is 21.1. The maximum absolute atomic E-state index is 12.7. The number of nitrogens with two attached hydrogens (primary N) is 1. The van der Waals surface area contributed by atoms with Crippen LogP contribution >= 0.6 is 35.2 Å². The van der Waals surface area contributed by atoms with Crippen LogP contribution in [-0.2, 0) is 50.7 Å². The van der Waals surface area contributed by atoms with Crippen molar-refractivity contribution in [3.8, 4) is 11.5 Å². The van der Waals surface area contributed by atoms with Crippen molar-refractivity contribution < 1.29 is 90.7 Å². The van der Waals surface area contributed by atoms with Crippen LogP contribution in [0.3, 0.4) is 0 Å². The first-order chi connectivity index (χ1) is 27.9. The van der Waals surface area contributed by atoms with Crippen molar-refractivity contribution in [3.63, 3.8) is 0 Å². The Morgan fingerprint density at radius 3 is 2.43 bits per heavy atom. The molecule has 4 rings (SSSR count). The number of imidazole rings is 1. The highest BCUT2D eigenvalue weighted by Gasteiger charge is 2.50. The number of phosphoric acid groups is 3. The van der Waals surface area contributed by atoms with E-state index in [1.807, 2.05) is 0 Å². The first-order valence-corrected chi connectivity index (χ1v) is 22.6. The molecule has 0 aliphatic carbocycles. The van der Waals surface area contributed by atoms with E-state index in [-0.39, 0.29) is 58.9 Å². The third-order valence-corrected chi connectivity index (χ3v) is 12.1. The molecule has 1 aromatic carbocycles. The maximum atomic E-state index is 12.7. The highest BCUT2D eigenvalue weighted by molar-refractivity contribution is 8.14. The number of nitrogens with zero attached hydrogens (tertiary/aromatic N) is 4. The Morgan fingerprint density at radius 2 is 1.75 bits per heavy atom. The third-order valence-electron chi connectivity index (χ3n) is 8.16. The Bertz CT molecular complexity index is 2210. The van der Waals surface area contributed by atoms with E-state index < -0.39 is 84.6 Å². The van der Waals surface area contributed by atoms with Gasteiger partial charge in [-0.3, -0.25) is 32.5 Å². The molecule has 1 fully saturated rings. The van der Waals surface area contributed by atoms with Gasteiger partial charge < -0.3 is 61.1 Å². The lowest BCUT2D eigenvalue weighted by atomic mass is 9.87. The number of nitrogen functional groups attached to an aromatic ring is 1. The first kappa shape index (κ1) is 48.8. The number of benzene rings is 1. The van der Waals surface area contributed by atoms with E-state index in [1.54, 1.807) is 0 Å². The summed E-state index contributed by atoms with van der Waals surface area (Å²) in [4.78, 5) is 87.8. The second kappa shape index (κ2) is 20.3. The summed E-state index contributed by atoms with van der Waals surface area (Å²) in [6.07, 6.45) is -4.53. The molecule has 3 heterocycles. The summed E-state index contributed by atoms with van der Waals surface area (Å²) in [5.41, 5.74) is 4.52. The van der Waals surface area contributed by atoms with Crippen molar-refractivity contribution in [2.75, 3.05) is 37.8 Å². The lowest BCUT2D eigenvalue weighted by molar-refractivity contribution is -0.137. The average Bonchev–Trinajstić information content (AvgIpc) is 3.71. The molecule has 2 aromatic heterocycles. The number of ether oxygens (including phenoxy) is 1. The van der Waals surface area contributed by atoms with Crippen LogP contribution in [0.2, 0.25) is 0 Å². The molecule has 12 N–H and O–H groups in total. The molecule has 332 valence electrons. The molecule has 1 aliphatic rings. The monoisotopic (exact) mass is 929 g/mol. The lowest BCUT2D eigenvalue weighted by Gasteiger charge is -2.30. The minimum absolute atomic E-state index is 0.0196. The molecule has 3 aromatic rings. The first-order valence-electron chi connectivity index (χ1n) is 17.1. The van der Waals surface area contributed by atoms with Gasteiger partial charge in [0.15, 0.2) is 17.7 Å². The summed E-state index contributed by atoms with van der Waals surface area (Å²) in [5.74, 6) is -1.74. The van der Waals surface area contributed by atoms with Crippen molar-refractivity contribution >= 4 is 75.2 Å². The zero-order chi connectivity index (χ0) is 44.6. The van der Waals surface area contributed by atoms with Crippen LogP contribution in [-0.4, -0.2) is 133 Å². The fourth-order valence-corrected chi connectivity index (χ4v) is 8.56. The number of aromatic nitrogens is 4. The molecule has 2 amide bonds. The highest BCUT2D eigenvalue weighted by atomic mass is 32.2. The van der Waals surface area contributed by atoms with E-state index in [1.165, 1.54) is 38.1 Å². The number of hydrogen-bond donors (Lipinski definition) is 11. The number of carbonyl (C=O) groups is 3. The number of amides is 2. The largest absolute Gasteiger partial charge is 0.508 e. The summed E-state index contributed by atoms with van der Waals surface area (Å²) in [6, 6.07) is 3.87. The van der Waals surface area contributed by atoms with Gasteiger partial charge in [-0.25, -0.2) is 28.6 Å². The molecular weight excluding hydrogens is 887 g/mol. The number of fused-ring (bicyclic) bond motifs is 1. The number of phenols is 2. The molecule has 1 aliphatic heterocycles. The highest BCUT2D eigenvalue weighted by Crippen LogP contribution is 2.61. The Kier molecular flexibility index (Phi) is 16.5. The smallest absolute Gasteiger partial charge is 0.481 e. The number of rotatable bonds is 21. The summed E-state index contributed by atoms with van der Waals surface area (Å²) < 4.78 is 62.1. The van der Waals surface area contributed by atoms with Crippen LogP contribution in [0.25, 0.3) is 17.2 Å². The van der Waals surface area contributed by atoms with Crippen molar-refractivity contribution in [1.29, 1.82) is 0 Å². The second-order valence-electron chi connectivity index (χ2n) is 13.3. The van der Waals surface area contributed by atoms with Gasteiger partial charge in [0.1, 0.15) is 47.8 Å². The molecule has 7 atom stereocenters. The molecule has 1 saturated heterocycles. The Balaban J connectivity index is 1.20. The SMILES string of the molecule is CC(C)(COP(=O)(O)OP(=O)(O)OCC1OC(n2cnc3c(N)ncnc32)C(O)C1OP(=O)(O)O)C(O)C(=O)NCCC(=O)NCCSC(=O)/C=C/c1ccc(O)cc1O. The minimum atomic E-state index is -5.59. The van der Waals surface area contributed by atoms with Crippen molar-refractivity contribution in [2.24, 2.45) is 5.41 Å². The van der Waals surface area contributed by atoms with Crippen molar-refractivity contribution in [2.45, 2.75) is 50.9 Å². The molecule has 7 unspecified atom stereocenters. The van der Waals surface area contributed by atoms with Gasteiger partial charge in [0.2, 0.25) is 16.9 Å². The summed E-state index contributed by atoms with van der Waals surface area (Å²) in [7, 11) is -16.5. The van der Waals surface area contributed by atoms with E-state index in [0.717, 1.165) is 35.0 Å². The Labute approximate surface area is 343 Å². The lowest BCUT2D eigenvalue weighted by Crippen LogP contribution is -2.46. The standard InChI is InChI=1S/C30H42N7O19P3S/c1-30(2,25(43)28(44)33-8-7-20(40)32-9-10-60-21(41)6-4-16-3-5-17(38)11-18(16)39)13-53-59(50,51)56-58(48,49)52-12-19-24(55-57(45,46)47)23(42)29(54-19)37-15-36-22-26(31)34-14-35-27(22)37/h3-6,11,14-15,19,23-25,29,38-39,42-43H,7-10,12-13H2,1-2H3,(H,32,40)(H,33,44)(H,48,49)(H,50,51)(H2,31,34,35)(H2,45,46,47)/b6-4+. The number of phenolic OH excluding ortho intramolecular Hbond substituents is 2. The summed E-state index contributed by atoms with van der Waals surface area (Å²) >= 11 is 0.881. The zero-order valence-corrected chi connectivity index (χ0v) is 34.9. The molecule has 0 spiro atoms. The molecule has 0 radical (unpaired) electrons. The van der Waals surface area contributed by atoms with Gasteiger partial charge in [-0.05, 0) is 24.3 Å². The number of nitrogens with one attached hydrogen (secondary N) is 2. The van der Waals surface area contributed by atoms with Gasteiger partial charge in [-0.2, -0.15) is 4.31 Å². The number of hydrogen-bond acceptors (Lipinski definition) is 20. The van der Waals surface area contributed by atoms with E-state index in [4.69, 9.17) is 19.5 Å². The van der Waals surface area contributed by atoms with Gasteiger partial charge in [0, 0.05) is 42.3 Å². The van der Waals surface area contributed by atoms with Crippen LogP contribution in [0.5, 0.6) is 11.5 Å². The molecule has 26 nitrogen and oxygen atoms in total. The van der Waals surface area contributed by atoms with Crippen LogP contribution < -0.4 is 16.4 Å². The van der Waals surface area contributed by atoms with E-state index in [9.17, 15) is 68.1 Å². The predicted octanol–water partition coefficient (Wildman–Crippen LogP) is -0.211. The number of thioether (sulfide) groups is 1. The number of carbonyl (C=O) groups excluding carboxylic acids is 3. The van der Waals surface area contributed by atoms with Crippen LogP contribution in [0.15, 0.2) is 36.9 Å². The number of aliphatic hydroxyl groups is 2. The molecular formula is C30H42N7O19P3S. The topological polar surface area (TPSA) is 404 Å². The van der Waals surface area contributed by atoms with Gasteiger partial charge in [0.05, 0.1) is 19.5 Å². The van der Waals surface area contributed by atoms with Crippen LogP contribution in [0.4, 0.5) is 5.82 Å². The van der Waals surface area contributed by atoms with Crippen molar-refractivity contribution in [1.82, 2.24) is 30.2 Å². The molecule has 30 heteroatoms. The third kappa shape index (κ3) is 14.1. The maximum Gasteiger partial charge on any atom is 0.481 e. The fraction of sp³-hybridized carbons (Fsp3) is 0.467. The van der Waals surface area contributed by atoms with Gasteiger partial charge in [-0.15, -0.1) is 0 Å². The van der Waals surface area contributed by atoms with Crippen LogP contribution in [0, 0.1) is 5.41 Å². The van der Waals surface area contributed by atoms with E-state index in [0.29, 0.717) is 5.56 Å².